The van der Waals surface area contributed by atoms with Gasteiger partial charge in [0.05, 0.1) is 11.3 Å². The fraction of sp³-hybridized carbons (Fsp3) is 0.500. The number of piperidine rings is 2. The van der Waals surface area contributed by atoms with Crippen molar-refractivity contribution < 1.29 is 14.4 Å². The molecule has 3 fully saturated rings. The molecule has 2 N–H and O–H groups in total. The molecule has 2 aromatic rings. The summed E-state index contributed by atoms with van der Waals surface area (Å²) in [5, 5.41) is 7.90. The molecule has 1 unspecified atom stereocenters. The number of rotatable bonds is 2. The molecule has 3 amide bonds. The van der Waals surface area contributed by atoms with Crippen LogP contribution < -0.4 is 15.5 Å². The first-order valence-corrected chi connectivity index (χ1v) is 12.0. The third-order valence-corrected chi connectivity index (χ3v) is 8.39. The van der Waals surface area contributed by atoms with Crippen molar-refractivity contribution in [2.45, 2.75) is 63.3 Å². The lowest BCUT2D eigenvalue weighted by Crippen LogP contribution is -2.53. The summed E-state index contributed by atoms with van der Waals surface area (Å²) in [4.78, 5) is 39.3. The predicted octanol–water partition coefficient (Wildman–Crippen LogP) is 3.63. The molecule has 2 saturated heterocycles. The Morgan fingerprint density at radius 1 is 0.938 bits per heavy atom. The molecular weight excluding hydrogens is 402 g/mol. The van der Waals surface area contributed by atoms with Gasteiger partial charge in [-0.05, 0) is 92.5 Å². The smallest absolute Gasteiger partial charge is 0.259 e. The van der Waals surface area contributed by atoms with E-state index in [9.17, 15) is 14.4 Å². The number of imide groups is 1. The number of carbonyl (C=O) groups excluding carboxylic acids is 3. The second kappa shape index (κ2) is 7.41. The Labute approximate surface area is 187 Å². The molecular formula is C26H29N3O3. The standard InChI is InChI=1S/C26H29N3O3/c30-22-5-4-21(24(31)28-22)29-20-3-1-2-17-14-18(15-19(23(17)20)25(29)32)16-6-8-26(9-7-16)10-12-27-13-11-26/h1-3,14-16,21,27H,4-13H2,(H,28,30,31). The van der Waals surface area contributed by atoms with Gasteiger partial charge in [-0.1, -0.05) is 18.2 Å². The van der Waals surface area contributed by atoms with Crippen molar-refractivity contribution in [1.82, 2.24) is 10.6 Å². The molecule has 0 bridgehead atoms. The summed E-state index contributed by atoms with van der Waals surface area (Å²) >= 11 is 0. The zero-order chi connectivity index (χ0) is 21.9. The van der Waals surface area contributed by atoms with Crippen molar-refractivity contribution in [2.75, 3.05) is 18.0 Å². The lowest BCUT2D eigenvalue weighted by molar-refractivity contribution is -0.134. The lowest BCUT2D eigenvalue weighted by Gasteiger charge is -2.43. The van der Waals surface area contributed by atoms with Crippen molar-refractivity contribution in [3.63, 3.8) is 0 Å². The molecule has 1 atom stereocenters. The van der Waals surface area contributed by atoms with Crippen LogP contribution in [0.25, 0.3) is 10.8 Å². The van der Waals surface area contributed by atoms with Crippen molar-refractivity contribution in [3.05, 3.63) is 41.5 Å². The van der Waals surface area contributed by atoms with Gasteiger partial charge in [-0.2, -0.15) is 0 Å². The number of nitrogens with one attached hydrogen (secondary N) is 2. The highest BCUT2D eigenvalue weighted by molar-refractivity contribution is 6.27. The summed E-state index contributed by atoms with van der Waals surface area (Å²) in [5.41, 5.74) is 3.27. The van der Waals surface area contributed by atoms with Gasteiger partial charge in [0.1, 0.15) is 6.04 Å². The van der Waals surface area contributed by atoms with E-state index in [2.05, 4.69) is 28.8 Å². The summed E-state index contributed by atoms with van der Waals surface area (Å²) in [6.45, 7) is 2.27. The Morgan fingerprint density at radius 3 is 2.47 bits per heavy atom. The molecule has 1 aliphatic carbocycles. The molecule has 2 aromatic carbocycles. The van der Waals surface area contributed by atoms with Crippen LogP contribution >= 0.6 is 0 Å². The van der Waals surface area contributed by atoms with E-state index in [-0.39, 0.29) is 24.1 Å². The maximum atomic E-state index is 13.5. The van der Waals surface area contributed by atoms with Crippen LogP contribution in [-0.4, -0.2) is 36.9 Å². The summed E-state index contributed by atoms with van der Waals surface area (Å²) in [6.07, 6.45) is 8.08. The SMILES string of the molecule is O=C1CCC(N2C(=O)c3cc(C4CCC5(CCNCC5)CC4)cc4cccc2c34)C(=O)N1. The number of hydrogen-bond donors (Lipinski definition) is 2. The minimum Gasteiger partial charge on any atom is -0.317 e. The van der Waals surface area contributed by atoms with Gasteiger partial charge >= 0.3 is 0 Å². The van der Waals surface area contributed by atoms with Gasteiger partial charge in [-0.15, -0.1) is 0 Å². The zero-order valence-electron chi connectivity index (χ0n) is 18.3. The molecule has 166 valence electrons. The van der Waals surface area contributed by atoms with Gasteiger partial charge < -0.3 is 5.32 Å². The number of nitrogens with zero attached hydrogens (tertiary/aromatic N) is 1. The molecule has 6 heteroatoms. The average molecular weight is 432 g/mol. The highest BCUT2D eigenvalue weighted by atomic mass is 16.2. The van der Waals surface area contributed by atoms with Crippen LogP contribution in [0.2, 0.25) is 0 Å². The van der Waals surface area contributed by atoms with Gasteiger partial charge in [-0.3, -0.25) is 24.6 Å². The first kappa shape index (κ1) is 19.9. The van der Waals surface area contributed by atoms with Gasteiger partial charge in [-0.25, -0.2) is 0 Å². The quantitative estimate of drug-likeness (QED) is 0.712. The summed E-state index contributed by atoms with van der Waals surface area (Å²) < 4.78 is 0. The van der Waals surface area contributed by atoms with Crippen LogP contribution in [-0.2, 0) is 9.59 Å². The van der Waals surface area contributed by atoms with Gasteiger partial charge in [0.2, 0.25) is 11.8 Å². The molecule has 1 spiro atoms. The van der Waals surface area contributed by atoms with Crippen LogP contribution in [0.3, 0.4) is 0 Å². The fourth-order valence-corrected chi connectivity index (χ4v) is 6.53. The Balaban J connectivity index is 1.32. The normalized spacial score (nSPS) is 25.6. The third kappa shape index (κ3) is 3.07. The van der Waals surface area contributed by atoms with E-state index in [4.69, 9.17) is 0 Å². The van der Waals surface area contributed by atoms with Crippen molar-refractivity contribution in [3.8, 4) is 0 Å². The van der Waals surface area contributed by atoms with Crippen molar-refractivity contribution in [1.29, 1.82) is 0 Å². The molecule has 0 radical (unpaired) electrons. The molecule has 0 aromatic heterocycles. The fourth-order valence-electron chi connectivity index (χ4n) is 6.53. The molecule has 1 saturated carbocycles. The van der Waals surface area contributed by atoms with E-state index in [1.54, 1.807) is 4.90 Å². The third-order valence-electron chi connectivity index (χ3n) is 8.39. The second-order valence-electron chi connectivity index (χ2n) is 10.1. The van der Waals surface area contributed by atoms with E-state index in [1.165, 1.54) is 44.1 Å². The Hall–Kier alpha value is -2.73. The van der Waals surface area contributed by atoms with Crippen LogP contribution in [0.15, 0.2) is 30.3 Å². The predicted molar refractivity (Wildman–Crippen MR) is 123 cm³/mol. The zero-order valence-corrected chi connectivity index (χ0v) is 18.3. The monoisotopic (exact) mass is 431 g/mol. The van der Waals surface area contributed by atoms with Crippen molar-refractivity contribution in [2.24, 2.45) is 5.41 Å². The molecule has 6 nitrogen and oxygen atoms in total. The Kier molecular flexibility index (Phi) is 4.61. The lowest BCUT2D eigenvalue weighted by atomic mass is 9.64. The largest absolute Gasteiger partial charge is 0.317 e. The molecule has 3 aliphatic heterocycles. The molecule has 6 rings (SSSR count). The topological polar surface area (TPSA) is 78.5 Å². The number of carbonyl (C=O) groups is 3. The second-order valence-corrected chi connectivity index (χ2v) is 10.1. The van der Waals surface area contributed by atoms with E-state index in [1.807, 2.05) is 12.1 Å². The highest BCUT2D eigenvalue weighted by Crippen LogP contribution is 2.49. The minimum atomic E-state index is -0.629. The Bertz CT molecular complexity index is 1120. The van der Waals surface area contributed by atoms with E-state index in [0.29, 0.717) is 23.3 Å². The minimum absolute atomic E-state index is 0.113. The van der Waals surface area contributed by atoms with Gasteiger partial charge in [0, 0.05) is 11.8 Å². The van der Waals surface area contributed by atoms with E-state index < -0.39 is 6.04 Å². The summed E-state index contributed by atoms with van der Waals surface area (Å²) in [5.74, 6) is -0.269. The number of hydrogen-bond acceptors (Lipinski definition) is 4. The number of amides is 3. The summed E-state index contributed by atoms with van der Waals surface area (Å²) in [6, 6.07) is 9.68. The summed E-state index contributed by atoms with van der Waals surface area (Å²) in [7, 11) is 0. The average Bonchev–Trinajstić information content (AvgIpc) is 3.08. The molecule has 3 heterocycles. The van der Waals surface area contributed by atoms with Crippen molar-refractivity contribution >= 4 is 34.2 Å². The molecule has 4 aliphatic rings. The first-order chi connectivity index (χ1) is 15.5. The van der Waals surface area contributed by atoms with Crippen LogP contribution in [0.5, 0.6) is 0 Å². The maximum Gasteiger partial charge on any atom is 0.259 e. The number of anilines is 1. The number of benzene rings is 2. The highest BCUT2D eigenvalue weighted by Gasteiger charge is 2.42. The van der Waals surface area contributed by atoms with Gasteiger partial charge in [0.25, 0.3) is 5.91 Å². The van der Waals surface area contributed by atoms with E-state index >= 15 is 0 Å². The molecule has 32 heavy (non-hydrogen) atoms. The van der Waals surface area contributed by atoms with Gasteiger partial charge in [0.15, 0.2) is 0 Å². The first-order valence-electron chi connectivity index (χ1n) is 12.0. The van der Waals surface area contributed by atoms with Crippen LogP contribution in [0, 0.1) is 5.41 Å². The van der Waals surface area contributed by atoms with Crippen LogP contribution in [0.4, 0.5) is 5.69 Å². The van der Waals surface area contributed by atoms with Crippen LogP contribution in [0.1, 0.15) is 73.2 Å². The Morgan fingerprint density at radius 2 is 1.72 bits per heavy atom. The maximum absolute atomic E-state index is 13.5. The van der Waals surface area contributed by atoms with E-state index in [0.717, 1.165) is 29.5 Å².